The monoisotopic (exact) mass is 479 g/mol. The summed E-state index contributed by atoms with van der Waals surface area (Å²) in [6.45, 7) is 9.78. The summed E-state index contributed by atoms with van der Waals surface area (Å²) in [5.41, 5.74) is 4.13. The van der Waals surface area contributed by atoms with Gasteiger partial charge < -0.3 is 15.5 Å². The maximum atomic E-state index is 12.0. The average molecular weight is 480 g/mol. The van der Waals surface area contributed by atoms with Crippen LogP contribution in [0.5, 0.6) is 0 Å². The standard InChI is InChI=1S/C14H12O3S.C13H17NO2/c1-9(14(16)17)10-4-6-11(7-5-10)13(15)12-3-2-8-18-12;1-9(2)8-14-12-6-4-11(5-7-12)10(3)13(15)16/h2-9H,1H3,(H,16,17);4-7,10,14H,1,8H2,2-3H3,(H,15,16). The van der Waals surface area contributed by atoms with E-state index in [9.17, 15) is 14.4 Å². The van der Waals surface area contributed by atoms with Crippen LogP contribution in [-0.2, 0) is 9.59 Å². The molecule has 3 aromatic rings. The Labute approximate surface area is 203 Å². The molecule has 3 N–H and O–H groups in total. The zero-order valence-electron chi connectivity index (χ0n) is 19.4. The Bertz CT molecular complexity index is 1120. The number of nitrogens with one attached hydrogen (secondary N) is 1. The summed E-state index contributed by atoms with van der Waals surface area (Å²) in [6, 6.07) is 17.8. The van der Waals surface area contributed by atoms with Crippen LogP contribution in [0.25, 0.3) is 0 Å². The fourth-order valence-corrected chi connectivity index (χ4v) is 3.59. The van der Waals surface area contributed by atoms with Gasteiger partial charge in [-0.05, 0) is 55.5 Å². The van der Waals surface area contributed by atoms with Crippen LogP contribution in [0.2, 0.25) is 0 Å². The van der Waals surface area contributed by atoms with Crippen LogP contribution in [0, 0.1) is 0 Å². The molecule has 2 unspecified atom stereocenters. The molecule has 1 aromatic heterocycles. The second kappa shape index (κ2) is 12.5. The molecule has 0 bridgehead atoms. The number of rotatable bonds is 9. The Balaban J connectivity index is 0.000000242. The largest absolute Gasteiger partial charge is 0.481 e. The number of hydrogen-bond acceptors (Lipinski definition) is 5. The number of carboxylic acid groups (broad SMARTS) is 2. The van der Waals surface area contributed by atoms with Gasteiger partial charge in [-0.2, -0.15) is 0 Å². The molecule has 0 aliphatic rings. The van der Waals surface area contributed by atoms with Crippen molar-refractivity contribution >= 4 is 34.7 Å². The third kappa shape index (κ3) is 7.71. The predicted octanol–water partition coefficient (Wildman–Crippen LogP) is 6.03. The van der Waals surface area contributed by atoms with Crippen LogP contribution in [0.4, 0.5) is 5.69 Å². The molecular formula is C27H29NO5S. The first-order chi connectivity index (χ1) is 16.1. The lowest BCUT2D eigenvalue weighted by molar-refractivity contribution is -0.139. The van der Waals surface area contributed by atoms with E-state index in [-0.39, 0.29) is 5.78 Å². The topological polar surface area (TPSA) is 104 Å². The molecule has 1 heterocycles. The maximum Gasteiger partial charge on any atom is 0.310 e. The van der Waals surface area contributed by atoms with Gasteiger partial charge in [0, 0.05) is 17.8 Å². The zero-order valence-corrected chi connectivity index (χ0v) is 20.3. The lowest BCUT2D eigenvalue weighted by Crippen LogP contribution is -2.07. The highest BCUT2D eigenvalue weighted by atomic mass is 32.1. The third-order valence-corrected chi connectivity index (χ3v) is 6.03. The number of carbonyl (C=O) groups is 3. The minimum atomic E-state index is -0.868. The Morgan fingerprint density at radius 2 is 1.38 bits per heavy atom. The first-order valence-electron chi connectivity index (χ1n) is 10.7. The van der Waals surface area contributed by atoms with Crippen LogP contribution in [0.15, 0.2) is 78.2 Å². The van der Waals surface area contributed by atoms with E-state index >= 15 is 0 Å². The number of benzene rings is 2. The molecule has 0 aliphatic heterocycles. The normalized spacial score (nSPS) is 12.0. The molecule has 0 saturated heterocycles. The van der Waals surface area contributed by atoms with Crippen molar-refractivity contribution < 1.29 is 24.6 Å². The number of carbonyl (C=O) groups excluding carboxylic acids is 1. The summed E-state index contributed by atoms with van der Waals surface area (Å²) in [6.07, 6.45) is 0. The van der Waals surface area contributed by atoms with Gasteiger partial charge in [0.2, 0.25) is 5.78 Å². The number of aliphatic carboxylic acids is 2. The zero-order chi connectivity index (χ0) is 25.3. The highest BCUT2D eigenvalue weighted by molar-refractivity contribution is 7.12. The van der Waals surface area contributed by atoms with Crippen molar-refractivity contribution in [3.05, 3.63) is 99.8 Å². The number of ketones is 1. The van der Waals surface area contributed by atoms with Crippen LogP contribution in [0.1, 0.15) is 59.0 Å². The first-order valence-corrected chi connectivity index (χ1v) is 11.6. The molecule has 2 aromatic carbocycles. The van der Waals surface area contributed by atoms with Crippen LogP contribution < -0.4 is 5.32 Å². The van der Waals surface area contributed by atoms with Crippen molar-refractivity contribution in [2.75, 3.05) is 11.9 Å². The SMILES string of the molecule is C=C(C)CNc1ccc(C(C)C(=O)O)cc1.CC(C(=O)O)c1ccc(C(=O)c2cccs2)cc1. The van der Waals surface area contributed by atoms with Gasteiger partial charge in [0.25, 0.3) is 0 Å². The van der Waals surface area contributed by atoms with Crippen molar-refractivity contribution in [2.45, 2.75) is 32.6 Å². The quantitative estimate of drug-likeness (QED) is 0.256. The molecule has 34 heavy (non-hydrogen) atoms. The van der Waals surface area contributed by atoms with Crippen molar-refractivity contribution in [3.8, 4) is 0 Å². The molecule has 0 spiro atoms. The molecule has 178 valence electrons. The van der Waals surface area contributed by atoms with E-state index in [0.717, 1.165) is 23.4 Å². The fraction of sp³-hybridized carbons (Fsp3) is 0.222. The Morgan fingerprint density at radius 1 is 0.882 bits per heavy atom. The van der Waals surface area contributed by atoms with E-state index in [1.54, 1.807) is 44.2 Å². The van der Waals surface area contributed by atoms with Gasteiger partial charge in [0.05, 0.1) is 16.7 Å². The molecule has 7 heteroatoms. The van der Waals surface area contributed by atoms with Gasteiger partial charge in [-0.25, -0.2) is 0 Å². The second-order valence-corrected chi connectivity index (χ2v) is 8.93. The summed E-state index contributed by atoms with van der Waals surface area (Å²) in [7, 11) is 0. The molecule has 0 saturated carbocycles. The van der Waals surface area contributed by atoms with Gasteiger partial charge in [-0.15, -0.1) is 11.3 Å². The van der Waals surface area contributed by atoms with E-state index in [4.69, 9.17) is 10.2 Å². The minimum absolute atomic E-state index is 0.0282. The maximum absolute atomic E-state index is 12.0. The van der Waals surface area contributed by atoms with E-state index in [1.807, 2.05) is 42.6 Å². The van der Waals surface area contributed by atoms with Gasteiger partial charge in [-0.1, -0.05) is 54.6 Å². The van der Waals surface area contributed by atoms with E-state index < -0.39 is 23.8 Å². The first kappa shape index (κ1) is 26.5. The Morgan fingerprint density at radius 3 is 1.79 bits per heavy atom. The van der Waals surface area contributed by atoms with Gasteiger partial charge >= 0.3 is 11.9 Å². The van der Waals surface area contributed by atoms with Crippen LogP contribution in [-0.4, -0.2) is 34.5 Å². The van der Waals surface area contributed by atoms with Crippen molar-refractivity contribution in [1.29, 1.82) is 0 Å². The molecule has 0 aliphatic carbocycles. The van der Waals surface area contributed by atoms with Gasteiger partial charge in [-0.3, -0.25) is 14.4 Å². The Kier molecular flexibility index (Phi) is 9.76. The molecule has 0 radical (unpaired) electrons. The van der Waals surface area contributed by atoms with Crippen LogP contribution in [0.3, 0.4) is 0 Å². The minimum Gasteiger partial charge on any atom is -0.481 e. The van der Waals surface area contributed by atoms with Gasteiger partial charge in [0.15, 0.2) is 0 Å². The lowest BCUT2D eigenvalue weighted by atomic mass is 9.99. The molecule has 6 nitrogen and oxygen atoms in total. The van der Waals surface area contributed by atoms with Crippen molar-refractivity contribution in [2.24, 2.45) is 0 Å². The van der Waals surface area contributed by atoms with Crippen molar-refractivity contribution in [1.82, 2.24) is 0 Å². The molecule has 0 amide bonds. The summed E-state index contributed by atoms with van der Waals surface area (Å²) in [5, 5.41) is 22.8. The number of thiophene rings is 1. The number of anilines is 1. The Hall–Kier alpha value is -3.71. The number of hydrogen-bond donors (Lipinski definition) is 3. The molecule has 3 rings (SSSR count). The number of carboxylic acids is 2. The van der Waals surface area contributed by atoms with Crippen LogP contribution >= 0.6 is 11.3 Å². The highest BCUT2D eigenvalue weighted by Gasteiger charge is 2.15. The third-order valence-electron chi connectivity index (χ3n) is 5.16. The lowest BCUT2D eigenvalue weighted by Gasteiger charge is -2.09. The summed E-state index contributed by atoms with van der Waals surface area (Å²) in [5.74, 6) is -2.72. The molecule has 0 fully saturated rings. The predicted molar refractivity (Wildman–Crippen MR) is 136 cm³/mol. The van der Waals surface area contributed by atoms with Gasteiger partial charge in [0.1, 0.15) is 0 Å². The molecular weight excluding hydrogens is 450 g/mol. The fourth-order valence-electron chi connectivity index (χ4n) is 2.90. The van der Waals surface area contributed by atoms with E-state index in [0.29, 0.717) is 16.0 Å². The summed E-state index contributed by atoms with van der Waals surface area (Å²) in [4.78, 5) is 34.3. The molecule has 2 atom stereocenters. The smallest absolute Gasteiger partial charge is 0.310 e. The summed E-state index contributed by atoms with van der Waals surface area (Å²) >= 11 is 1.40. The highest BCUT2D eigenvalue weighted by Crippen LogP contribution is 2.20. The van der Waals surface area contributed by atoms with Crippen molar-refractivity contribution in [3.63, 3.8) is 0 Å². The van der Waals surface area contributed by atoms with E-state index in [2.05, 4.69) is 11.9 Å². The summed E-state index contributed by atoms with van der Waals surface area (Å²) < 4.78 is 0. The average Bonchev–Trinajstić information content (AvgIpc) is 3.37. The van der Waals surface area contributed by atoms with E-state index in [1.165, 1.54) is 11.3 Å². The second-order valence-electron chi connectivity index (χ2n) is 7.98.